The van der Waals surface area contributed by atoms with Crippen LogP contribution in [-0.2, 0) is 4.79 Å². The number of hydrogen-bond donors (Lipinski definition) is 3. The maximum atomic E-state index is 12.4. The van der Waals surface area contributed by atoms with E-state index in [0.29, 0.717) is 12.8 Å². The van der Waals surface area contributed by atoms with Crippen molar-refractivity contribution in [2.24, 2.45) is 0 Å². The first-order valence-corrected chi connectivity index (χ1v) is 24.4. The van der Waals surface area contributed by atoms with Crippen molar-refractivity contribution < 1.29 is 15.0 Å². The second-order valence-corrected chi connectivity index (χ2v) is 16.9. The number of unbranched alkanes of at least 4 members (excludes halogenated alkanes) is 36. The maximum Gasteiger partial charge on any atom is 0.220 e. The van der Waals surface area contributed by atoms with E-state index in [2.05, 4.69) is 31.3 Å². The van der Waals surface area contributed by atoms with Crippen LogP contribution in [0.1, 0.15) is 277 Å². The Balaban J connectivity index is 3.47. The highest BCUT2D eigenvalue weighted by atomic mass is 16.3. The van der Waals surface area contributed by atoms with Crippen molar-refractivity contribution >= 4 is 5.91 Å². The summed E-state index contributed by atoms with van der Waals surface area (Å²) in [6.45, 7) is 4.38. The second-order valence-electron chi connectivity index (χ2n) is 16.9. The molecule has 3 N–H and O–H groups in total. The Morgan fingerprint density at radius 1 is 0.434 bits per heavy atom. The Morgan fingerprint density at radius 3 is 1.04 bits per heavy atom. The van der Waals surface area contributed by atoms with Gasteiger partial charge in [0.2, 0.25) is 5.91 Å². The van der Waals surface area contributed by atoms with Gasteiger partial charge >= 0.3 is 0 Å². The van der Waals surface area contributed by atoms with Gasteiger partial charge in [0.15, 0.2) is 0 Å². The van der Waals surface area contributed by atoms with E-state index in [1.54, 1.807) is 0 Å². The molecule has 2 unspecified atom stereocenters. The van der Waals surface area contributed by atoms with Gasteiger partial charge in [-0.05, 0) is 38.5 Å². The molecule has 0 aliphatic carbocycles. The Labute approximate surface area is 333 Å². The van der Waals surface area contributed by atoms with Crippen molar-refractivity contribution in [2.75, 3.05) is 6.61 Å². The molecule has 0 spiro atoms. The van der Waals surface area contributed by atoms with Crippen LogP contribution in [0.4, 0.5) is 0 Å². The van der Waals surface area contributed by atoms with E-state index in [1.165, 1.54) is 225 Å². The molecule has 316 valence electrons. The van der Waals surface area contributed by atoms with Crippen LogP contribution in [0.25, 0.3) is 0 Å². The van der Waals surface area contributed by atoms with Crippen molar-refractivity contribution in [3.05, 3.63) is 12.2 Å². The predicted molar refractivity (Wildman–Crippen MR) is 235 cm³/mol. The van der Waals surface area contributed by atoms with E-state index < -0.39 is 12.1 Å². The van der Waals surface area contributed by atoms with E-state index in [9.17, 15) is 15.0 Å². The summed E-state index contributed by atoms with van der Waals surface area (Å²) in [6, 6.07) is -0.537. The van der Waals surface area contributed by atoms with Gasteiger partial charge < -0.3 is 15.5 Å². The highest BCUT2D eigenvalue weighted by Gasteiger charge is 2.20. The molecule has 0 fully saturated rings. The van der Waals surface area contributed by atoms with Crippen LogP contribution < -0.4 is 5.32 Å². The van der Waals surface area contributed by atoms with E-state index in [1.807, 2.05) is 0 Å². The lowest BCUT2D eigenvalue weighted by Crippen LogP contribution is -2.45. The molecule has 0 saturated carbocycles. The average molecular weight is 748 g/mol. The van der Waals surface area contributed by atoms with Crippen LogP contribution in [0, 0.1) is 0 Å². The number of aliphatic hydroxyl groups excluding tert-OH is 2. The molecule has 0 aromatic carbocycles. The molecule has 2 atom stereocenters. The fourth-order valence-corrected chi connectivity index (χ4v) is 7.77. The zero-order valence-corrected chi connectivity index (χ0v) is 36.3. The zero-order chi connectivity index (χ0) is 38.6. The van der Waals surface area contributed by atoms with Crippen molar-refractivity contribution in [2.45, 2.75) is 289 Å². The fraction of sp³-hybridized carbons (Fsp3) is 0.939. The molecule has 0 rings (SSSR count). The Morgan fingerprint density at radius 2 is 0.717 bits per heavy atom. The zero-order valence-electron chi connectivity index (χ0n) is 36.3. The summed E-state index contributed by atoms with van der Waals surface area (Å²) in [7, 11) is 0. The predicted octanol–water partition coefficient (Wildman–Crippen LogP) is 15.4. The number of nitrogens with one attached hydrogen (secondary N) is 1. The van der Waals surface area contributed by atoms with E-state index >= 15 is 0 Å². The quantitative estimate of drug-likeness (QED) is 0.0429. The normalized spacial score (nSPS) is 12.9. The minimum atomic E-state index is -0.660. The molecular formula is C49H97NO3. The highest BCUT2D eigenvalue weighted by molar-refractivity contribution is 5.76. The van der Waals surface area contributed by atoms with Gasteiger partial charge in [0.1, 0.15) is 0 Å². The minimum absolute atomic E-state index is 0.0353. The van der Waals surface area contributed by atoms with Crippen molar-refractivity contribution in [3.63, 3.8) is 0 Å². The van der Waals surface area contributed by atoms with Gasteiger partial charge in [-0.1, -0.05) is 244 Å². The number of hydrogen-bond acceptors (Lipinski definition) is 3. The molecule has 0 aliphatic heterocycles. The smallest absolute Gasteiger partial charge is 0.220 e. The molecule has 1 amide bonds. The van der Waals surface area contributed by atoms with Crippen molar-refractivity contribution in [1.82, 2.24) is 5.32 Å². The summed E-state index contributed by atoms with van der Waals surface area (Å²) in [5, 5.41) is 23.2. The molecule has 0 heterocycles. The maximum absolute atomic E-state index is 12.4. The van der Waals surface area contributed by atoms with E-state index in [0.717, 1.165) is 25.7 Å². The number of carbonyl (C=O) groups is 1. The largest absolute Gasteiger partial charge is 0.394 e. The first kappa shape index (κ1) is 52.1. The third-order valence-corrected chi connectivity index (χ3v) is 11.5. The Bertz CT molecular complexity index is 725. The molecule has 0 radical (unpaired) electrons. The lowest BCUT2D eigenvalue weighted by Gasteiger charge is -2.22. The van der Waals surface area contributed by atoms with Gasteiger partial charge in [-0.2, -0.15) is 0 Å². The Kier molecular flexibility index (Phi) is 44.8. The van der Waals surface area contributed by atoms with Crippen LogP contribution in [0.15, 0.2) is 12.2 Å². The number of rotatable bonds is 45. The van der Waals surface area contributed by atoms with E-state index in [4.69, 9.17) is 0 Å². The minimum Gasteiger partial charge on any atom is -0.394 e. The van der Waals surface area contributed by atoms with Gasteiger partial charge in [0.05, 0.1) is 18.8 Å². The first-order valence-electron chi connectivity index (χ1n) is 24.4. The number of carbonyl (C=O) groups excluding carboxylic acids is 1. The molecule has 0 aromatic rings. The summed E-state index contributed by atoms with van der Waals surface area (Å²) >= 11 is 0. The summed E-state index contributed by atoms with van der Waals surface area (Å²) in [5.74, 6) is -0.0353. The van der Waals surface area contributed by atoms with Crippen molar-refractivity contribution in [1.29, 1.82) is 0 Å². The van der Waals surface area contributed by atoms with Crippen molar-refractivity contribution in [3.8, 4) is 0 Å². The lowest BCUT2D eigenvalue weighted by molar-refractivity contribution is -0.123. The summed E-state index contributed by atoms with van der Waals surface area (Å²) in [4.78, 5) is 12.4. The molecule has 0 aliphatic rings. The van der Waals surface area contributed by atoms with Gasteiger partial charge in [-0.25, -0.2) is 0 Å². The molecule has 53 heavy (non-hydrogen) atoms. The van der Waals surface area contributed by atoms with Crippen LogP contribution in [0.2, 0.25) is 0 Å². The summed E-state index contributed by atoms with van der Waals surface area (Å²) in [5.41, 5.74) is 0. The topological polar surface area (TPSA) is 69.6 Å². The molecule has 4 heteroatoms. The van der Waals surface area contributed by atoms with Gasteiger partial charge in [0, 0.05) is 6.42 Å². The van der Waals surface area contributed by atoms with Crippen LogP contribution in [0.3, 0.4) is 0 Å². The second kappa shape index (κ2) is 45.5. The molecule has 0 aromatic heterocycles. The van der Waals surface area contributed by atoms with Crippen LogP contribution >= 0.6 is 0 Å². The molecule has 0 bridgehead atoms. The number of aliphatic hydroxyl groups is 2. The van der Waals surface area contributed by atoms with Crippen LogP contribution in [-0.4, -0.2) is 34.9 Å². The van der Waals surface area contributed by atoms with Gasteiger partial charge in [-0.3, -0.25) is 4.79 Å². The SMILES string of the molecule is CCCCCCCCCCC/C=C\CCCCCCCC(=O)NC(CO)C(O)CCCCCCCCCCCCCCCCCCCCCCCCC. The third-order valence-electron chi connectivity index (χ3n) is 11.5. The Hall–Kier alpha value is -0.870. The third kappa shape index (κ3) is 42.1. The summed E-state index contributed by atoms with van der Waals surface area (Å²) < 4.78 is 0. The molecule has 4 nitrogen and oxygen atoms in total. The first-order chi connectivity index (χ1) is 26.2. The lowest BCUT2D eigenvalue weighted by atomic mass is 10.0. The highest BCUT2D eigenvalue weighted by Crippen LogP contribution is 2.17. The average Bonchev–Trinajstić information content (AvgIpc) is 3.16. The molecular weight excluding hydrogens is 651 g/mol. The fourth-order valence-electron chi connectivity index (χ4n) is 7.77. The molecule has 0 saturated heterocycles. The monoisotopic (exact) mass is 748 g/mol. The summed E-state index contributed by atoms with van der Waals surface area (Å²) in [6.07, 6.45) is 57.4. The number of amides is 1. The van der Waals surface area contributed by atoms with Crippen LogP contribution in [0.5, 0.6) is 0 Å². The van der Waals surface area contributed by atoms with Gasteiger partial charge in [0.25, 0.3) is 0 Å². The standard InChI is InChI=1S/C49H97NO3/c1-3-5-7-9-11-13-15-17-19-21-23-24-25-26-27-28-30-32-34-36-38-40-42-44-48(52)47(46-51)50-49(53)45-43-41-39-37-35-33-31-29-22-20-18-16-14-12-10-8-6-4-2/h29,31,47-48,51-52H,3-28,30,32-46H2,1-2H3,(H,50,53)/b31-29-. The van der Waals surface area contributed by atoms with Gasteiger partial charge in [-0.15, -0.1) is 0 Å². The number of allylic oxidation sites excluding steroid dienone is 2. The van der Waals surface area contributed by atoms with E-state index in [-0.39, 0.29) is 12.5 Å².